The summed E-state index contributed by atoms with van der Waals surface area (Å²) in [5, 5.41) is 28.3. The Balaban J connectivity index is 3.10. The molecular formula is C10H13NO4. The van der Waals surface area contributed by atoms with Crippen LogP contribution >= 0.6 is 0 Å². The van der Waals surface area contributed by atoms with E-state index in [4.69, 9.17) is 5.73 Å². The van der Waals surface area contributed by atoms with Crippen LogP contribution in [0.25, 0.3) is 0 Å². The number of carbonyl (C=O) groups excluding carboxylic acids is 1. The largest absolute Gasteiger partial charge is 0.508 e. The van der Waals surface area contributed by atoms with Crippen molar-refractivity contribution in [2.24, 2.45) is 5.73 Å². The normalized spacial score (nSPS) is 14.6. The Morgan fingerprint density at radius 2 is 2.00 bits per heavy atom. The summed E-state index contributed by atoms with van der Waals surface area (Å²) in [6.07, 6.45) is -3.24. The first kappa shape index (κ1) is 11.5. The highest BCUT2D eigenvalue weighted by atomic mass is 16.3. The van der Waals surface area contributed by atoms with Crippen LogP contribution in [0.3, 0.4) is 0 Å². The van der Waals surface area contributed by atoms with Crippen molar-refractivity contribution in [3.63, 3.8) is 0 Å². The number of benzene rings is 1. The number of amides is 1. The highest BCUT2D eigenvalue weighted by Gasteiger charge is 2.26. The van der Waals surface area contributed by atoms with E-state index in [0.29, 0.717) is 5.56 Å². The van der Waals surface area contributed by atoms with Gasteiger partial charge in [-0.1, -0.05) is 12.1 Å². The highest BCUT2D eigenvalue weighted by Crippen LogP contribution is 2.29. The Bertz CT molecular complexity index is 357. The molecule has 5 heteroatoms. The number of rotatable bonds is 3. The number of aryl methyl sites for hydroxylation is 1. The van der Waals surface area contributed by atoms with Crippen molar-refractivity contribution in [3.8, 4) is 5.75 Å². The molecule has 0 saturated heterocycles. The van der Waals surface area contributed by atoms with Crippen LogP contribution in [-0.2, 0) is 4.79 Å². The first-order valence-corrected chi connectivity index (χ1v) is 4.39. The third kappa shape index (κ3) is 2.26. The molecule has 15 heavy (non-hydrogen) atoms. The van der Waals surface area contributed by atoms with Gasteiger partial charge >= 0.3 is 0 Å². The van der Waals surface area contributed by atoms with E-state index in [2.05, 4.69) is 0 Å². The molecule has 0 saturated carbocycles. The van der Waals surface area contributed by atoms with Gasteiger partial charge in [0.25, 0.3) is 0 Å². The SMILES string of the molecule is Cc1cccc(O)c1C(O)C(O)C(N)=O. The van der Waals surface area contributed by atoms with Gasteiger partial charge in [-0.2, -0.15) is 0 Å². The fourth-order valence-electron chi connectivity index (χ4n) is 1.36. The predicted molar refractivity (Wildman–Crippen MR) is 53.0 cm³/mol. The second-order valence-electron chi connectivity index (χ2n) is 3.30. The molecule has 1 amide bonds. The molecule has 0 aliphatic heterocycles. The zero-order chi connectivity index (χ0) is 11.6. The maximum atomic E-state index is 10.7. The third-order valence-corrected chi connectivity index (χ3v) is 2.19. The first-order valence-electron chi connectivity index (χ1n) is 4.39. The molecule has 5 nitrogen and oxygen atoms in total. The minimum absolute atomic E-state index is 0.115. The van der Waals surface area contributed by atoms with Gasteiger partial charge < -0.3 is 21.1 Å². The predicted octanol–water partition coefficient (Wildman–Crippen LogP) is -0.420. The molecule has 0 heterocycles. The Morgan fingerprint density at radius 3 is 2.47 bits per heavy atom. The highest BCUT2D eigenvalue weighted by molar-refractivity contribution is 5.79. The number of hydrogen-bond acceptors (Lipinski definition) is 4. The lowest BCUT2D eigenvalue weighted by Crippen LogP contribution is -2.34. The minimum Gasteiger partial charge on any atom is -0.508 e. The van der Waals surface area contributed by atoms with Crippen LogP contribution in [0.1, 0.15) is 17.2 Å². The Hall–Kier alpha value is -1.59. The zero-order valence-electron chi connectivity index (χ0n) is 8.21. The summed E-state index contributed by atoms with van der Waals surface area (Å²) in [4.78, 5) is 10.7. The fourth-order valence-corrected chi connectivity index (χ4v) is 1.36. The second kappa shape index (κ2) is 4.29. The lowest BCUT2D eigenvalue weighted by Gasteiger charge is -2.18. The van der Waals surface area contributed by atoms with Crippen LogP contribution in [-0.4, -0.2) is 27.3 Å². The van der Waals surface area contributed by atoms with E-state index in [-0.39, 0.29) is 11.3 Å². The molecule has 2 unspecified atom stereocenters. The van der Waals surface area contributed by atoms with Gasteiger partial charge in [0.2, 0.25) is 5.91 Å². The summed E-state index contributed by atoms with van der Waals surface area (Å²) in [7, 11) is 0. The number of hydrogen-bond donors (Lipinski definition) is 4. The molecular weight excluding hydrogens is 198 g/mol. The molecule has 1 aromatic carbocycles. The van der Waals surface area contributed by atoms with Gasteiger partial charge in [-0.05, 0) is 18.6 Å². The van der Waals surface area contributed by atoms with Crippen LogP contribution in [0.4, 0.5) is 0 Å². The number of aromatic hydroxyl groups is 1. The lowest BCUT2D eigenvalue weighted by atomic mass is 9.98. The molecule has 0 radical (unpaired) electrons. The van der Waals surface area contributed by atoms with E-state index in [9.17, 15) is 20.1 Å². The molecule has 2 atom stereocenters. The number of carbonyl (C=O) groups is 1. The average Bonchev–Trinajstić information content (AvgIpc) is 2.15. The van der Waals surface area contributed by atoms with E-state index < -0.39 is 18.1 Å². The average molecular weight is 211 g/mol. The van der Waals surface area contributed by atoms with Crippen molar-refractivity contribution in [2.75, 3.05) is 0 Å². The van der Waals surface area contributed by atoms with Gasteiger partial charge in [-0.3, -0.25) is 4.79 Å². The second-order valence-corrected chi connectivity index (χ2v) is 3.30. The lowest BCUT2D eigenvalue weighted by molar-refractivity contribution is -0.132. The number of aliphatic hydroxyl groups is 2. The third-order valence-electron chi connectivity index (χ3n) is 2.19. The first-order chi connectivity index (χ1) is 6.95. The van der Waals surface area contributed by atoms with Crippen molar-refractivity contribution in [2.45, 2.75) is 19.1 Å². The standard InChI is InChI=1S/C10H13NO4/c1-5-3-2-4-6(12)7(5)8(13)9(14)10(11)15/h2-4,8-9,12-14H,1H3,(H2,11,15). The molecule has 0 aliphatic rings. The van der Waals surface area contributed by atoms with Crippen molar-refractivity contribution in [1.82, 2.24) is 0 Å². The molecule has 0 aromatic heterocycles. The van der Waals surface area contributed by atoms with Crippen molar-refractivity contribution in [1.29, 1.82) is 0 Å². The van der Waals surface area contributed by atoms with E-state index in [1.54, 1.807) is 19.1 Å². The molecule has 1 rings (SSSR count). The molecule has 0 fully saturated rings. The number of nitrogens with two attached hydrogens (primary N) is 1. The molecule has 1 aromatic rings. The summed E-state index contributed by atoms with van der Waals surface area (Å²) in [5.74, 6) is -1.21. The Labute approximate surface area is 86.8 Å². The molecule has 0 aliphatic carbocycles. The van der Waals surface area contributed by atoms with Gasteiger partial charge in [0.1, 0.15) is 11.9 Å². The van der Waals surface area contributed by atoms with E-state index in [1.165, 1.54) is 6.07 Å². The maximum absolute atomic E-state index is 10.7. The van der Waals surface area contributed by atoms with Gasteiger partial charge in [-0.25, -0.2) is 0 Å². The van der Waals surface area contributed by atoms with Crippen LogP contribution in [0.5, 0.6) is 5.75 Å². The van der Waals surface area contributed by atoms with Gasteiger partial charge in [0, 0.05) is 5.56 Å². The molecule has 0 bridgehead atoms. The van der Waals surface area contributed by atoms with Gasteiger partial charge in [-0.15, -0.1) is 0 Å². The molecule has 5 N–H and O–H groups in total. The van der Waals surface area contributed by atoms with Gasteiger partial charge in [0.15, 0.2) is 6.10 Å². The van der Waals surface area contributed by atoms with Crippen LogP contribution in [0.2, 0.25) is 0 Å². The van der Waals surface area contributed by atoms with Crippen molar-refractivity contribution < 1.29 is 20.1 Å². The summed E-state index contributed by atoms with van der Waals surface area (Å²) in [6, 6.07) is 4.60. The Kier molecular flexibility index (Phi) is 3.28. The molecule has 82 valence electrons. The number of phenolic OH excluding ortho intramolecular Hbond substituents is 1. The summed E-state index contributed by atoms with van der Waals surface area (Å²) >= 11 is 0. The molecule has 0 spiro atoms. The minimum atomic E-state index is -1.73. The van der Waals surface area contributed by atoms with Crippen molar-refractivity contribution in [3.05, 3.63) is 29.3 Å². The Morgan fingerprint density at radius 1 is 1.40 bits per heavy atom. The summed E-state index contributed by atoms with van der Waals surface area (Å²) in [5.41, 5.74) is 5.53. The smallest absolute Gasteiger partial charge is 0.249 e. The zero-order valence-corrected chi connectivity index (χ0v) is 8.21. The van der Waals surface area contributed by atoms with Gasteiger partial charge in [0.05, 0.1) is 0 Å². The van der Waals surface area contributed by atoms with Crippen LogP contribution in [0.15, 0.2) is 18.2 Å². The summed E-state index contributed by atoms with van der Waals surface area (Å²) < 4.78 is 0. The van der Waals surface area contributed by atoms with Crippen molar-refractivity contribution >= 4 is 5.91 Å². The number of primary amides is 1. The monoisotopic (exact) mass is 211 g/mol. The van der Waals surface area contributed by atoms with Crippen LogP contribution < -0.4 is 5.73 Å². The topological polar surface area (TPSA) is 104 Å². The quantitative estimate of drug-likeness (QED) is 0.545. The van der Waals surface area contributed by atoms with E-state index >= 15 is 0 Å². The van der Waals surface area contributed by atoms with Crippen LogP contribution in [0, 0.1) is 6.92 Å². The maximum Gasteiger partial charge on any atom is 0.249 e. The number of phenols is 1. The fraction of sp³-hybridized carbons (Fsp3) is 0.300. The summed E-state index contributed by atoms with van der Waals surface area (Å²) in [6.45, 7) is 1.64. The van der Waals surface area contributed by atoms with E-state index in [0.717, 1.165) is 0 Å². The van der Waals surface area contributed by atoms with E-state index in [1.807, 2.05) is 0 Å². The number of aliphatic hydroxyl groups excluding tert-OH is 2.